The molecule has 1 aliphatic heterocycles. The van der Waals surface area contributed by atoms with E-state index in [-0.39, 0.29) is 18.9 Å². The van der Waals surface area contributed by atoms with Crippen molar-refractivity contribution in [2.75, 3.05) is 19.3 Å². The van der Waals surface area contributed by atoms with Crippen molar-refractivity contribution < 1.29 is 28.9 Å². The molecule has 3 aromatic carbocycles. The summed E-state index contributed by atoms with van der Waals surface area (Å²) in [4.78, 5) is 37.8. The van der Waals surface area contributed by atoms with Crippen LogP contribution in [0.1, 0.15) is 41.9 Å². The molecule has 0 aromatic heterocycles. The SMILES string of the molecule is O=C(O)C(Cc1ccccc1)CP(=O)(O)C1CCCCN1C(=O)OCC1c2ccccc2-c2ccccc21. The van der Waals surface area contributed by atoms with Gasteiger partial charge in [0.2, 0.25) is 7.37 Å². The van der Waals surface area contributed by atoms with E-state index in [0.29, 0.717) is 25.8 Å². The maximum atomic E-state index is 13.6. The second-order valence-corrected chi connectivity index (χ2v) is 12.6. The molecule has 0 radical (unpaired) electrons. The van der Waals surface area contributed by atoms with Gasteiger partial charge in [-0.1, -0.05) is 78.9 Å². The number of hydrogen-bond acceptors (Lipinski definition) is 4. The lowest BCUT2D eigenvalue weighted by molar-refractivity contribution is -0.141. The van der Waals surface area contributed by atoms with Crippen LogP contribution >= 0.6 is 7.37 Å². The fourth-order valence-electron chi connectivity index (χ4n) is 5.79. The highest BCUT2D eigenvalue weighted by atomic mass is 31.2. The fraction of sp³-hybridized carbons (Fsp3) is 0.333. The third-order valence-corrected chi connectivity index (χ3v) is 10.1. The van der Waals surface area contributed by atoms with Gasteiger partial charge < -0.3 is 14.7 Å². The van der Waals surface area contributed by atoms with Crippen LogP contribution in [-0.2, 0) is 20.5 Å². The molecule has 5 rings (SSSR count). The van der Waals surface area contributed by atoms with Crippen molar-refractivity contribution in [3.05, 3.63) is 95.6 Å². The molecular formula is C30H32NO6P. The Morgan fingerprint density at radius 2 is 1.53 bits per heavy atom. The van der Waals surface area contributed by atoms with Crippen molar-refractivity contribution in [1.29, 1.82) is 0 Å². The molecule has 3 aromatic rings. The van der Waals surface area contributed by atoms with E-state index in [1.54, 1.807) is 0 Å². The van der Waals surface area contributed by atoms with Gasteiger partial charge in [0.1, 0.15) is 12.4 Å². The van der Waals surface area contributed by atoms with Gasteiger partial charge >= 0.3 is 12.1 Å². The van der Waals surface area contributed by atoms with Crippen molar-refractivity contribution >= 4 is 19.4 Å². The van der Waals surface area contributed by atoms with Crippen molar-refractivity contribution in [3.8, 4) is 11.1 Å². The van der Waals surface area contributed by atoms with Gasteiger partial charge in [-0.3, -0.25) is 14.3 Å². The van der Waals surface area contributed by atoms with E-state index in [9.17, 15) is 24.2 Å². The zero-order valence-corrected chi connectivity index (χ0v) is 22.0. The molecule has 2 aliphatic rings. The lowest BCUT2D eigenvalue weighted by atomic mass is 9.98. The van der Waals surface area contributed by atoms with Crippen molar-refractivity contribution in [2.24, 2.45) is 5.92 Å². The number of aliphatic carboxylic acids is 1. The first-order valence-electron chi connectivity index (χ1n) is 13.0. The first-order chi connectivity index (χ1) is 18.3. The van der Waals surface area contributed by atoms with Crippen LogP contribution in [0.3, 0.4) is 0 Å². The minimum Gasteiger partial charge on any atom is -0.481 e. The first kappa shape index (κ1) is 26.2. The lowest BCUT2D eigenvalue weighted by Gasteiger charge is -2.38. The summed E-state index contributed by atoms with van der Waals surface area (Å²) < 4.78 is 19.4. The van der Waals surface area contributed by atoms with Gasteiger partial charge in [0.25, 0.3) is 0 Å². The quantitative estimate of drug-likeness (QED) is 0.346. The predicted molar refractivity (Wildman–Crippen MR) is 145 cm³/mol. The molecule has 198 valence electrons. The summed E-state index contributed by atoms with van der Waals surface area (Å²) in [7, 11) is -4.04. The van der Waals surface area contributed by atoms with E-state index in [1.807, 2.05) is 66.7 Å². The van der Waals surface area contributed by atoms with E-state index in [4.69, 9.17) is 4.74 Å². The number of fused-ring (bicyclic) bond motifs is 3. The van der Waals surface area contributed by atoms with Crippen LogP contribution in [0.4, 0.5) is 4.79 Å². The average Bonchev–Trinajstić information content (AvgIpc) is 3.25. The maximum Gasteiger partial charge on any atom is 0.410 e. The highest BCUT2D eigenvalue weighted by molar-refractivity contribution is 7.58. The Kier molecular flexibility index (Phi) is 7.68. The molecule has 0 bridgehead atoms. The molecule has 0 saturated carbocycles. The Morgan fingerprint density at radius 3 is 2.16 bits per heavy atom. The molecule has 3 unspecified atom stereocenters. The predicted octanol–water partition coefficient (Wildman–Crippen LogP) is 5.96. The monoisotopic (exact) mass is 533 g/mol. The molecule has 2 N–H and O–H groups in total. The Balaban J connectivity index is 1.30. The molecule has 1 fully saturated rings. The molecule has 1 amide bonds. The maximum absolute atomic E-state index is 13.6. The third-order valence-electron chi connectivity index (χ3n) is 7.66. The van der Waals surface area contributed by atoms with Gasteiger partial charge in [-0.25, -0.2) is 4.79 Å². The molecule has 3 atom stereocenters. The number of carbonyl (C=O) groups is 2. The highest BCUT2D eigenvalue weighted by Gasteiger charge is 2.43. The number of ether oxygens (including phenoxy) is 1. The highest BCUT2D eigenvalue weighted by Crippen LogP contribution is 2.53. The van der Waals surface area contributed by atoms with E-state index in [2.05, 4.69) is 12.1 Å². The molecule has 38 heavy (non-hydrogen) atoms. The number of benzene rings is 3. The molecule has 8 heteroatoms. The smallest absolute Gasteiger partial charge is 0.410 e. The number of piperidine rings is 1. The normalized spacial score (nSPS) is 19.2. The summed E-state index contributed by atoms with van der Waals surface area (Å²) in [5.74, 6) is -3.21. The van der Waals surface area contributed by atoms with Crippen LogP contribution in [0, 0.1) is 5.92 Å². The lowest BCUT2D eigenvalue weighted by Crippen LogP contribution is -2.45. The first-order valence-corrected chi connectivity index (χ1v) is 15.0. The summed E-state index contributed by atoms with van der Waals surface area (Å²) in [6.45, 7) is 0.430. The zero-order valence-electron chi connectivity index (χ0n) is 21.1. The number of hydrogen-bond donors (Lipinski definition) is 2. The molecule has 1 heterocycles. The zero-order chi connectivity index (χ0) is 26.7. The fourth-order valence-corrected chi connectivity index (χ4v) is 8.18. The van der Waals surface area contributed by atoms with Crippen LogP contribution < -0.4 is 0 Å². The number of nitrogens with zero attached hydrogens (tertiary/aromatic N) is 1. The van der Waals surface area contributed by atoms with Crippen LogP contribution in [0.2, 0.25) is 0 Å². The Labute approximate surface area is 222 Å². The van der Waals surface area contributed by atoms with Crippen LogP contribution in [0.25, 0.3) is 11.1 Å². The van der Waals surface area contributed by atoms with E-state index in [1.165, 1.54) is 4.90 Å². The minimum atomic E-state index is -4.04. The van der Waals surface area contributed by atoms with Gasteiger partial charge in [-0.15, -0.1) is 0 Å². The number of carboxylic acids is 1. The van der Waals surface area contributed by atoms with Gasteiger partial charge in [-0.2, -0.15) is 0 Å². The summed E-state index contributed by atoms with van der Waals surface area (Å²) in [5, 5.41) is 9.80. The number of carbonyl (C=O) groups excluding carboxylic acids is 1. The topological polar surface area (TPSA) is 104 Å². The summed E-state index contributed by atoms with van der Waals surface area (Å²) >= 11 is 0. The Morgan fingerprint density at radius 1 is 0.921 bits per heavy atom. The third kappa shape index (κ3) is 5.40. The summed E-state index contributed by atoms with van der Waals surface area (Å²) in [6, 6.07) is 25.2. The molecular weight excluding hydrogens is 501 g/mol. The second-order valence-electron chi connectivity index (χ2n) is 10.1. The Bertz CT molecular complexity index is 1310. The van der Waals surface area contributed by atoms with E-state index in [0.717, 1.165) is 27.8 Å². The van der Waals surface area contributed by atoms with Gasteiger partial charge in [0.05, 0.1) is 5.92 Å². The molecule has 1 saturated heterocycles. The van der Waals surface area contributed by atoms with Gasteiger partial charge in [-0.05, 0) is 53.5 Å². The summed E-state index contributed by atoms with van der Waals surface area (Å²) in [5.41, 5.74) is 5.22. The number of carboxylic acid groups (broad SMARTS) is 1. The minimum absolute atomic E-state index is 0.113. The molecule has 0 spiro atoms. The largest absolute Gasteiger partial charge is 0.481 e. The second kappa shape index (κ2) is 11.1. The van der Waals surface area contributed by atoms with Crippen molar-refractivity contribution in [1.82, 2.24) is 4.90 Å². The number of amides is 1. The average molecular weight is 534 g/mol. The number of likely N-dealkylation sites (tertiary alicyclic amines) is 1. The Hall–Kier alpha value is -3.41. The van der Waals surface area contributed by atoms with Crippen LogP contribution in [0.15, 0.2) is 78.9 Å². The van der Waals surface area contributed by atoms with Crippen molar-refractivity contribution in [3.63, 3.8) is 0 Å². The van der Waals surface area contributed by atoms with E-state index >= 15 is 0 Å². The van der Waals surface area contributed by atoms with Gasteiger partial charge in [0, 0.05) is 18.6 Å². The van der Waals surface area contributed by atoms with E-state index < -0.39 is 37.3 Å². The summed E-state index contributed by atoms with van der Waals surface area (Å²) in [6.07, 6.45) is 0.871. The standard InChI is InChI=1S/C30H32NO6P/c32-29(33)22(18-21-10-2-1-3-11-21)20-38(35,36)28-16-8-9-17-31(28)30(34)37-19-27-25-14-6-4-12-23(25)24-13-5-7-15-26(24)27/h1-7,10-15,22,27-28H,8-9,16-20H2,(H,32,33)(H,35,36). The van der Waals surface area contributed by atoms with Gasteiger partial charge in [0.15, 0.2) is 0 Å². The molecule has 7 nitrogen and oxygen atoms in total. The molecule has 1 aliphatic carbocycles. The number of rotatable bonds is 8. The van der Waals surface area contributed by atoms with Crippen molar-refractivity contribution in [2.45, 2.75) is 37.4 Å². The van der Waals surface area contributed by atoms with Crippen LogP contribution in [0.5, 0.6) is 0 Å². The van der Waals surface area contributed by atoms with Crippen LogP contribution in [-0.4, -0.2) is 52.1 Å².